The van der Waals surface area contributed by atoms with Gasteiger partial charge in [-0.3, -0.25) is 9.59 Å². The first-order valence-electron chi connectivity index (χ1n) is 17.4. The summed E-state index contributed by atoms with van der Waals surface area (Å²) in [4.78, 5) is 21.4. The first-order chi connectivity index (χ1) is 22.4. The predicted octanol–water partition coefficient (Wildman–Crippen LogP) is 10.5. The van der Waals surface area contributed by atoms with Gasteiger partial charge in [-0.2, -0.15) is 0 Å². The average molecular weight is 637 g/mol. The van der Waals surface area contributed by atoms with Crippen LogP contribution >= 0.6 is 0 Å². The van der Waals surface area contributed by atoms with Crippen molar-refractivity contribution in [3.05, 3.63) is 108 Å². The van der Waals surface area contributed by atoms with Crippen molar-refractivity contribution in [2.24, 2.45) is 5.92 Å². The smallest absolute Gasteiger partial charge is 0.164 e. The molecule has 2 atom stereocenters. The highest BCUT2D eigenvalue weighted by Gasteiger charge is 2.08. The summed E-state index contributed by atoms with van der Waals surface area (Å²) in [6.45, 7) is 23.5. The molecule has 5 heteroatoms. The van der Waals surface area contributed by atoms with Crippen LogP contribution in [0.15, 0.2) is 102 Å². The van der Waals surface area contributed by atoms with Gasteiger partial charge in [-0.1, -0.05) is 148 Å². The number of unbranched alkanes of at least 4 members (excludes halogenated alkanes) is 1. The molecule has 0 saturated heterocycles. The van der Waals surface area contributed by atoms with E-state index in [9.17, 15) is 9.59 Å². The van der Waals surface area contributed by atoms with E-state index >= 15 is 0 Å². The number of ether oxygens (including phenoxy) is 1. The summed E-state index contributed by atoms with van der Waals surface area (Å²) in [6.07, 6.45) is 23.6. The maximum absolute atomic E-state index is 11.4. The molecule has 260 valence electrons. The standard InChI is InChI=1S/C15H20.C10H15NO.C6H7NO.C6H14O.2C2H6/c1-4-9-14(10-5-2)13(3)15-11-7-6-8-12-15;1-2-3-6-10(12)9-5-4-7-11-8-9;8-5-6-2-1-3-7-4-6;1-4-6(2)5-7-3;2*1-2/h4,6-13H,5H2,1-3H3;4-5,8,11H,2-3,6-7H2,1H3;1-2,4-5,7H,3H2;6H,4-5H2,1-3H3;2*1-2H3/b9-4-,14-10+;;;;;. The van der Waals surface area contributed by atoms with E-state index in [-0.39, 0.29) is 5.78 Å². The number of Topliss-reactive ketones (excluding diaryl/α,β-unsaturated/α-hetero) is 1. The molecule has 2 aliphatic rings. The van der Waals surface area contributed by atoms with Crippen LogP contribution in [0.2, 0.25) is 0 Å². The predicted molar refractivity (Wildman–Crippen MR) is 203 cm³/mol. The Labute approximate surface area is 284 Å². The molecule has 0 bridgehead atoms. The number of methoxy groups -OCH3 is 1. The molecule has 0 spiro atoms. The fourth-order valence-electron chi connectivity index (χ4n) is 3.84. The van der Waals surface area contributed by atoms with Gasteiger partial charge in [-0.05, 0) is 36.8 Å². The number of hydrogen-bond acceptors (Lipinski definition) is 5. The summed E-state index contributed by atoms with van der Waals surface area (Å²) in [5.41, 5.74) is 4.31. The Morgan fingerprint density at radius 2 is 1.54 bits per heavy atom. The van der Waals surface area contributed by atoms with Crippen molar-refractivity contribution >= 4 is 12.1 Å². The number of nitrogens with one attached hydrogen (secondary N) is 2. The molecule has 3 rings (SSSR count). The zero-order valence-corrected chi connectivity index (χ0v) is 31.2. The Bertz CT molecular complexity index is 1030. The molecular weight excluding hydrogens is 568 g/mol. The molecule has 1 aromatic carbocycles. The molecule has 5 nitrogen and oxygen atoms in total. The van der Waals surface area contributed by atoms with Gasteiger partial charge in [0.1, 0.15) is 0 Å². The van der Waals surface area contributed by atoms with Crippen LogP contribution in [-0.4, -0.2) is 38.9 Å². The molecule has 0 saturated carbocycles. The van der Waals surface area contributed by atoms with Gasteiger partial charge in [0.25, 0.3) is 0 Å². The van der Waals surface area contributed by atoms with Crippen molar-refractivity contribution in [3.8, 4) is 0 Å². The van der Waals surface area contributed by atoms with Crippen LogP contribution in [-0.2, 0) is 14.3 Å². The van der Waals surface area contributed by atoms with Crippen LogP contribution in [0.3, 0.4) is 0 Å². The first-order valence-corrected chi connectivity index (χ1v) is 17.4. The van der Waals surface area contributed by atoms with Gasteiger partial charge in [0.05, 0.1) is 0 Å². The van der Waals surface area contributed by atoms with Crippen LogP contribution in [0, 0.1) is 5.92 Å². The van der Waals surface area contributed by atoms with Crippen LogP contribution < -0.4 is 10.6 Å². The molecule has 2 N–H and O–H groups in total. The number of rotatable bonds is 12. The van der Waals surface area contributed by atoms with Crippen LogP contribution in [0.4, 0.5) is 0 Å². The topological polar surface area (TPSA) is 67.4 Å². The zero-order chi connectivity index (χ0) is 35.4. The molecule has 46 heavy (non-hydrogen) atoms. The van der Waals surface area contributed by atoms with Crippen molar-refractivity contribution < 1.29 is 14.3 Å². The number of aldehydes is 1. The summed E-state index contributed by atoms with van der Waals surface area (Å²) in [7, 11) is 1.74. The molecule has 0 amide bonds. The Morgan fingerprint density at radius 3 is 1.93 bits per heavy atom. The molecule has 2 heterocycles. The molecule has 2 aliphatic heterocycles. The second-order valence-electron chi connectivity index (χ2n) is 10.2. The third-order valence-electron chi connectivity index (χ3n) is 6.57. The van der Waals surface area contributed by atoms with Gasteiger partial charge in [-0.25, -0.2) is 0 Å². The lowest BCUT2D eigenvalue weighted by molar-refractivity contribution is -0.115. The van der Waals surface area contributed by atoms with E-state index in [1.54, 1.807) is 25.6 Å². The maximum atomic E-state index is 11.4. The molecule has 0 fully saturated rings. The van der Waals surface area contributed by atoms with Gasteiger partial charge in [0.2, 0.25) is 0 Å². The summed E-state index contributed by atoms with van der Waals surface area (Å²) in [6, 6.07) is 10.7. The van der Waals surface area contributed by atoms with Crippen molar-refractivity contribution in [1.29, 1.82) is 0 Å². The van der Waals surface area contributed by atoms with Gasteiger partial charge >= 0.3 is 0 Å². The summed E-state index contributed by atoms with van der Waals surface area (Å²) >= 11 is 0. The third kappa shape index (κ3) is 25.8. The van der Waals surface area contributed by atoms with Gasteiger partial charge in [0, 0.05) is 62.7 Å². The molecular formula is C41H68N2O3. The van der Waals surface area contributed by atoms with E-state index in [1.165, 1.54) is 17.6 Å². The van der Waals surface area contributed by atoms with Crippen molar-refractivity contribution in [2.45, 2.75) is 107 Å². The Kier molecular flexibility index (Phi) is 36.8. The minimum absolute atomic E-state index is 0.250. The van der Waals surface area contributed by atoms with Crippen LogP contribution in [0.25, 0.3) is 0 Å². The Balaban J connectivity index is -0.000000536. The number of hydrogen-bond donors (Lipinski definition) is 2. The fourth-order valence-corrected chi connectivity index (χ4v) is 3.84. The van der Waals surface area contributed by atoms with E-state index in [4.69, 9.17) is 4.74 Å². The van der Waals surface area contributed by atoms with E-state index in [2.05, 4.69) is 101 Å². The maximum Gasteiger partial charge on any atom is 0.164 e. The summed E-state index contributed by atoms with van der Waals surface area (Å²) < 4.78 is 4.89. The van der Waals surface area contributed by atoms with E-state index < -0.39 is 0 Å². The molecule has 0 aromatic heterocycles. The van der Waals surface area contributed by atoms with E-state index in [0.717, 1.165) is 56.7 Å². The molecule has 0 radical (unpaired) electrons. The highest BCUT2D eigenvalue weighted by Crippen LogP contribution is 2.24. The highest BCUT2D eigenvalue weighted by molar-refractivity contribution is 5.98. The van der Waals surface area contributed by atoms with Crippen molar-refractivity contribution in [1.82, 2.24) is 10.6 Å². The second-order valence-corrected chi connectivity index (χ2v) is 10.2. The lowest BCUT2D eigenvalue weighted by Gasteiger charge is -2.13. The second kappa shape index (κ2) is 36.0. The average Bonchev–Trinajstić information content (AvgIpc) is 3.13. The minimum atomic E-state index is 0.250. The van der Waals surface area contributed by atoms with Crippen LogP contribution in [0.1, 0.15) is 113 Å². The number of carbonyl (C=O) groups is 2. The third-order valence-corrected chi connectivity index (χ3v) is 6.57. The quantitative estimate of drug-likeness (QED) is 0.176. The monoisotopic (exact) mass is 637 g/mol. The van der Waals surface area contributed by atoms with Crippen LogP contribution in [0.5, 0.6) is 0 Å². The fraction of sp³-hybridized carbons (Fsp3) is 0.512. The van der Waals surface area contributed by atoms with Gasteiger partial charge in [0.15, 0.2) is 12.1 Å². The molecule has 2 unspecified atom stereocenters. The lowest BCUT2D eigenvalue weighted by atomic mass is 9.92. The first kappa shape index (κ1) is 47.0. The largest absolute Gasteiger partial charge is 0.387 e. The van der Waals surface area contributed by atoms with E-state index in [1.807, 2.05) is 45.9 Å². The normalized spacial score (nSPS) is 14.0. The SMILES string of the molecule is C/C=C\C(=C/CC)C(C)c1ccccc1.CC.CC.CCC(C)COC.CCCCC(=O)C1=CNCC=C1.O=CC1=CNCC=C1. The van der Waals surface area contributed by atoms with Crippen molar-refractivity contribution in [2.75, 3.05) is 26.8 Å². The van der Waals surface area contributed by atoms with Gasteiger partial charge < -0.3 is 15.4 Å². The number of carbonyl (C=O) groups excluding carboxylic acids is 2. The Morgan fingerprint density at radius 1 is 0.935 bits per heavy atom. The zero-order valence-electron chi connectivity index (χ0n) is 31.2. The number of benzene rings is 1. The number of ketones is 1. The lowest BCUT2D eigenvalue weighted by Crippen LogP contribution is -2.13. The van der Waals surface area contributed by atoms with Crippen molar-refractivity contribution in [3.63, 3.8) is 0 Å². The minimum Gasteiger partial charge on any atom is -0.387 e. The molecule has 1 aromatic rings. The molecule has 0 aliphatic carbocycles. The Hall–Kier alpha value is -3.44. The number of allylic oxidation sites excluding steroid dienone is 8. The van der Waals surface area contributed by atoms with E-state index in [0.29, 0.717) is 17.9 Å². The number of dihydropyridines is 2. The highest BCUT2D eigenvalue weighted by atomic mass is 16.5. The summed E-state index contributed by atoms with van der Waals surface area (Å²) in [5.74, 6) is 1.47. The summed E-state index contributed by atoms with van der Waals surface area (Å²) in [5, 5.41) is 5.93. The van der Waals surface area contributed by atoms with Gasteiger partial charge in [-0.15, -0.1) is 0 Å².